The van der Waals surface area contributed by atoms with Crippen molar-refractivity contribution >= 4 is 12.1 Å². The van der Waals surface area contributed by atoms with Crippen LogP contribution in [0, 0.1) is 0 Å². The van der Waals surface area contributed by atoms with E-state index in [0.29, 0.717) is 6.54 Å². The fourth-order valence-corrected chi connectivity index (χ4v) is 1.54. The molecule has 0 spiro atoms. The molecule has 1 aromatic carbocycles. The highest BCUT2D eigenvalue weighted by atomic mass is 16.6. The van der Waals surface area contributed by atoms with Crippen molar-refractivity contribution in [2.24, 2.45) is 0 Å². The van der Waals surface area contributed by atoms with Gasteiger partial charge in [0.05, 0.1) is 13.5 Å². The standard InChI is InChI=1S/C15H22N2O4/c1-15(2,3)21-14(19)17-16-10-12-7-5-11(6-8-12)9-13(18)20-4/h5-8,16H,9-10H2,1-4H3,(H,17,19). The number of hydrogen-bond donors (Lipinski definition) is 2. The zero-order chi connectivity index (χ0) is 15.9. The van der Waals surface area contributed by atoms with Crippen molar-refractivity contribution in [2.75, 3.05) is 7.11 Å². The number of ether oxygens (including phenoxy) is 2. The molecule has 0 aliphatic rings. The number of hydrogen-bond acceptors (Lipinski definition) is 5. The van der Waals surface area contributed by atoms with Crippen molar-refractivity contribution in [1.82, 2.24) is 10.9 Å². The number of amides is 1. The summed E-state index contributed by atoms with van der Waals surface area (Å²) in [5, 5.41) is 0. The molecule has 0 heterocycles. The van der Waals surface area contributed by atoms with Gasteiger partial charge in [-0.25, -0.2) is 10.2 Å². The zero-order valence-electron chi connectivity index (χ0n) is 12.9. The highest BCUT2D eigenvalue weighted by Crippen LogP contribution is 2.07. The van der Waals surface area contributed by atoms with Gasteiger partial charge in [-0.1, -0.05) is 24.3 Å². The second-order valence-corrected chi connectivity index (χ2v) is 5.55. The quantitative estimate of drug-likeness (QED) is 0.641. The van der Waals surface area contributed by atoms with E-state index in [1.54, 1.807) is 20.8 Å². The van der Waals surface area contributed by atoms with Crippen LogP contribution >= 0.6 is 0 Å². The SMILES string of the molecule is COC(=O)Cc1ccc(CNNC(=O)OC(C)(C)C)cc1. The molecule has 6 heteroatoms. The first kappa shape index (κ1) is 17.0. The monoisotopic (exact) mass is 294 g/mol. The third-order valence-corrected chi connectivity index (χ3v) is 2.48. The third kappa shape index (κ3) is 7.31. The number of benzene rings is 1. The normalized spacial score (nSPS) is 10.9. The van der Waals surface area contributed by atoms with Gasteiger partial charge in [-0.3, -0.25) is 10.2 Å². The number of rotatable bonds is 5. The van der Waals surface area contributed by atoms with Gasteiger partial charge in [0, 0.05) is 6.54 Å². The molecule has 2 N–H and O–H groups in total. The van der Waals surface area contributed by atoms with Crippen LogP contribution in [0.25, 0.3) is 0 Å². The average Bonchev–Trinajstić information content (AvgIpc) is 2.38. The summed E-state index contributed by atoms with van der Waals surface area (Å²) in [4.78, 5) is 22.5. The summed E-state index contributed by atoms with van der Waals surface area (Å²) in [5.41, 5.74) is 6.56. The third-order valence-electron chi connectivity index (χ3n) is 2.48. The van der Waals surface area contributed by atoms with Gasteiger partial charge in [-0.05, 0) is 31.9 Å². The summed E-state index contributed by atoms with van der Waals surface area (Å²) in [6, 6.07) is 7.45. The molecule has 21 heavy (non-hydrogen) atoms. The molecule has 0 saturated carbocycles. The molecule has 6 nitrogen and oxygen atoms in total. The largest absolute Gasteiger partial charge is 0.469 e. The van der Waals surface area contributed by atoms with Gasteiger partial charge in [0.2, 0.25) is 0 Å². The van der Waals surface area contributed by atoms with Crippen LogP contribution in [0.3, 0.4) is 0 Å². The summed E-state index contributed by atoms with van der Waals surface area (Å²) >= 11 is 0. The lowest BCUT2D eigenvalue weighted by Crippen LogP contribution is -2.40. The van der Waals surface area contributed by atoms with E-state index in [0.717, 1.165) is 11.1 Å². The van der Waals surface area contributed by atoms with Gasteiger partial charge in [-0.2, -0.15) is 0 Å². The number of esters is 1. The number of carbonyl (C=O) groups is 2. The molecule has 1 amide bonds. The zero-order valence-corrected chi connectivity index (χ0v) is 12.9. The Morgan fingerprint density at radius 3 is 2.19 bits per heavy atom. The van der Waals surface area contributed by atoms with E-state index in [2.05, 4.69) is 15.6 Å². The first-order valence-electron chi connectivity index (χ1n) is 6.66. The Hall–Kier alpha value is -2.08. The predicted molar refractivity (Wildman–Crippen MR) is 78.4 cm³/mol. The van der Waals surface area contributed by atoms with Crippen LogP contribution in [0.4, 0.5) is 4.79 Å². The second-order valence-electron chi connectivity index (χ2n) is 5.55. The van der Waals surface area contributed by atoms with Crippen molar-refractivity contribution in [3.8, 4) is 0 Å². The Morgan fingerprint density at radius 1 is 1.10 bits per heavy atom. The number of nitrogens with one attached hydrogen (secondary N) is 2. The molecule has 0 aliphatic carbocycles. The van der Waals surface area contributed by atoms with Crippen LogP contribution < -0.4 is 10.9 Å². The molecular weight excluding hydrogens is 272 g/mol. The Bertz CT molecular complexity index is 477. The van der Waals surface area contributed by atoms with Gasteiger partial charge in [0.1, 0.15) is 5.60 Å². The summed E-state index contributed by atoms with van der Waals surface area (Å²) in [6.07, 6.45) is -0.273. The first-order valence-corrected chi connectivity index (χ1v) is 6.66. The van der Waals surface area contributed by atoms with E-state index in [4.69, 9.17) is 4.74 Å². The topological polar surface area (TPSA) is 76.7 Å². The molecule has 0 saturated heterocycles. The van der Waals surface area contributed by atoms with E-state index in [-0.39, 0.29) is 12.4 Å². The number of hydrazine groups is 1. The summed E-state index contributed by atoms with van der Waals surface area (Å²) < 4.78 is 9.69. The minimum Gasteiger partial charge on any atom is -0.469 e. The smallest absolute Gasteiger partial charge is 0.422 e. The van der Waals surface area contributed by atoms with Gasteiger partial charge in [0.15, 0.2) is 0 Å². The van der Waals surface area contributed by atoms with E-state index < -0.39 is 11.7 Å². The van der Waals surface area contributed by atoms with Crippen molar-refractivity contribution in [2.45, 2.75) is 39.3 Å². The van der Waals surface area contributed by atoms with Crippen LogP contribution in [0.5, 0.6) is 0 Å². The second kappa shape index (κ2) is 7.64. The molecule has 0 fully saturated rings. The van der Waals surface area contributed by atoms with Crippen molar-refractivity contribution in [3.05, 3.63) is 35.4 Å². The van der Waals surface area contributed by atoms with Crippen molar-refractivity contribution in [3.63, 3.8) is 0 Å². The lowest BCUT2D eigenvalue weighted by atomic mass is 10.1. The Balaban J connectivity index is 2.36. The summed E-state index contributed by atoms with van der Waals surface area (Å²) in [5.74, 6) is -0.271. The highest BCUT2D eigenvalue weighted by molar-refractivity contribution is 5.72. The van der Waals surface area contributed by atoms with Crippen LogP contribution in [0.2, 0.25) is 0 Å². The predicted octanol–water partition coefficient (Wildman–Crippen LogP) is 1.93. The molecule has 116 valence electrons. The molecule has 0 bridgehead atoms. The van der Waals surface area contributed by atoms with E-state index >= 15 is 0 Å². The van der Waals surface area contributed by atoms with E-state index in [1.165, 1.54) is 7.11 Å². The van der Waals surface area contributed by atoms with Crippen LogP contribution in [-0.4, -0.2) is 24.8 Å². The molecule has 0 aromatic heterocycles. The lowest BCUT2D eigenvalue weighted by molar-refractivity contribution is -0.139. The maximum Gasteiger partial charge on any atom is 0.422 e. The average molecular weight is 294 g/mol. The summed E-state index contributed by atoms with van der Waals surface area (Å²) in [7, 11) is 1.36. The Kier molecular flexibility index (Phi) is 6.17. The van der Waals surface area contributed by atoms with Gasteiger partial charge >= 0.3 is 12.1 Å². The molecule has 1 aromatic rings. The van der Waals surface area contributed by atoms with Gasteiger partial charge in [0.25, 0.3) is 0 Å². The first-order chi connectivity index (χ1) is 9.80. The molecule has 0 radical (unpaired) electrons. The molecule has 0 unspecified atom stereocenters. The van der Waals surface area contributed by atoms with Crippen LogP contribution in [0.15, 0.2) is 24.3 Å². The maximum absolute atomic E-state index is 11.4. The summed E-state index contributed by atoms with van der Waals surface area (Å²) in [6.45, 7) is 5.85. The lowest BCUT2D eigenvalue weighted by Gasteiger charge is -2.19. The molecule has 1 rings (SSSR count). The molecule has 0 aliphatic heterocycles. The minimum absolute atomic E-state index is 0.250. The minimum atomic E-state index is -0.526. The number of carbonyl (C=O) groups excluding carboxylic acids is 2. The van der Waals surface area contributed by atoms with Crippen LogP contribution in [0.1, 0.15) is 31.9 Å². The van der Waals surface area contributed by atoms with Crippen LogP contribution in [-0.2, 0) is 27.2 Å². The maximum atomic E-state index is 11.4. The fourth-order valence-electron chi connectivity index (χ4n) is 1.54. The Morgan fingerprint density at radius 2 is 1.67 bits per heavy atom. The van der Waals surface area contributed by atoms with Gasteiger partial charge < -0.3 is 9.47 Å². The van der Waals surface area contributed by atoms with E-state index in [1.807, 2.05) is 24.3 Å². The van der Waals surface area contributed by atoms with Gasteiger partial charge in [-0.15, -0.1) is 0 Å². The highest BCUT2D eigenvalue weighted by Gasteiger charge is 2.15. The Labute approximate surface area is 124 Å². The molecular formula is C15H22N2O4. The van der Waals surface area contributed by atoms with Crippen molar-refractivity contribution in [1.29, 1.82) is 0 Å². The van der Waals surface area contributed by atoms with Crippen molar-refractivity contribution < 1.29 is 19.1 Å². The van der Waals surface area contributed by atoms with E-state index in [9.17, 15) is 9.59 Å². The molecule has 0 atom stereocenters. The fraction of sp³-hybridized carbons (Fsp3) is 0.467. The number of methoxy groups -OCH3 is 1.